The van der Waals surface area contributed by atoms with E-state index in [2.05, 4.69) is 14.9 Å². The van der Waals surface area contributed by atoms with Gasteiger partial charge >= 0.3 is 0 Å². The Labute approximate surface area is 113 Å². The van der Waals surface area contributed by atoms with Crippen molar-refractivity contribution in [2.75, 3.05) is 7.11 Å². The van der Waals surface area contributed by atoms with Crippen LogP contribution in [0.3, 0.4) is 0 Å². The van der Waals surface area contributed by atoms with Gasteiger partial charge in [-0.3, -0.25) is 5.10 Å². The minimum absolute atomic E-state index is 0.00775. The summed E-state index contributed by atoms with van der Waals surface area (Å²) in [6.07, 6.45) is 2.46. The number of aryl methyl sites for hydroxylation is 1. The number of ether oxygens (including phenoxy) is 1. The van der Waals surface area contributed by atoms with Gasteiger partial charge in [-0.05, 0) is 26.2 Å². The molecule has 0 spiro atoms. The molecule has 2 unspecified atom stereocenters. The number of nitrogens with two attached hydrogens (primary N) is 1. The largest absolute Gasteiger partial charge is 0.381 e. The third kappa shape index (κ3) is 2.97. The summed E-state index contributed by atoms with van der Waals surface area (Å²) >= 11 is 0. The summed E-state index contributed by atoms with van der Waals surface area (Å²) < 4.78 is 32.5. The van der Waals surface area contributed by atoms with Crippen LogP contribution in [0.15, 0.2) is 5.03 Å². The van der Waals surface area contributed by atoms with Crippen molar-refractivity contribution in [3.05, 3.63) is 11.3 Å². The highest BCUT2D eigenvalue weighted by Gasteiger charge is 2.31. The molecule has 1 saturated carbocycles. The third-order valence-corrected chi connectivity index (χ3v) is 5.02. The van der Waals surface area contributed by atoms with Gasteiger partial charge in [0, 0.05) is 31.0 Å². The van der Waals surface area contributed by atoms with Crippen LogP contribution in [0.4, 0.5) is 0 Å². The van der Waals surface area contributed by atoms with E-state index in [1.165, 1.54) is 0 Å². The Balaban J connectivity index is 2.14. The fourth-order valence-electron chi connectivity index (χ4n) is 2.43. The maximum Gasteiger partial charge on any atom is 0.260 e. The van der Waals surface area contributed by atoms with E-state index in [0.717, 1.165) is 12.8 Å². The van der Waals surface area contributed by atoms with Crippen molar-refractivity contribution in [1.29, 1.82) is 0 Å². The summed E-state index contributed by atoms with van der Waals surface area (Å²) in [5.41, 5.74) is 6.79. The SMILES string of the molecule is COC1CCC(NS(=O)(=O)c2n[nH]c(C)c2CN)C1. The number of hydrogen-bond acceptors (Lipinski definition) is 5. The smallest absolute Gasteiger partial charge is 0.260 e. The molecule has 2 atom stereocenters. The quantitative estimate of drug-likeness (QED) is 0.707. The topological polar surface area (TPSA) is 110 Å². The van der Waals surface area contributed by atoms with Crippen molar-refractivity contribution in [3.8, 4) is 0 Å². The van der Waals surface area contributed by atoms with Gasteiger partial charge in [0.2, 0.25) is 0 Å². The van der Waals surface area contributed by atoms with E-state index in [-0.39, 0.29) is 23.7 Å². The Kier molecular flexibility index (Phi) is 4.24. The minimum Gasteiger partial charge on any atom is -0.381 e. The van der Waals surface area contributed by atoms with E-state index >= 15 is 0 Å². The molecule has 0 aliphatic heterocycles. The van der Waals surface area contributed by atoms with Crippen LogP contribution < -0.4 is 10.5 Å². The predicted molar refractivity (Wildman–Crippen MR) is 70.0 cm³/mol. The van der Waals surface area contributed by atoms with E-state index in [1.54, 1.807) is 14.0 Å². The van der Waals surface area contributed by atoms with Crippen LogP contribution in [0.1, 0.15) is 30.5 Å². The Bertz CT molecular complexity index is 540. The number of H-pyrrole nitrogens is 1. The summed E-state index contributed by atoms with van der Waals surface area (Å²) in [4.78, 5) is 0. The first-order valence-corrected chi connectivity index (χ1v) is 7.75. The lowest BCUT2D eigenvalue weighted by atomic mass is 10.3. The van der Waals surface area contributed by atoms with Crippen molar-refractivity contribution in [2.45, 2.75) is 49.9 Å². The molecular weight excluding hydrogens is 268 g/mol. The highest BCUT2D eigenvalue weighted by Crippen LogP contribution is 2.24. The van der Waals surface area contributed by atoms with Gasteiger partial charge in [-0.25, -0.2) is 13.1 Å². The number of methoxy groups -OCH3 is 1. The van der Waals surface area contributed by atoms with Gasteiger partial charge in [0.1, 0.15) is 0 Å². The number of nitrogens with one attached hydrogen (secondary N) is 2. The van der Waals surface area contributed by atoms with E-state index in [0.29, 0.717) is 17.7 Å². The Morgan fingerprint density at radius 2 is 2.26 bits per heavy atom. The standard InChI is InChI=1S/C11H20N4O3S/c1-7-10(6-12)11(14-13-7)19(16,17)15-8-3-4-9(5-8)18-2/h8-9,15H,3-6,12H2,1-2H3,(H,13,14). The molecule has 7 nitrogen and oxygen atoms in total. The molecule has 4 N–H and O–H groups in total. The van der Waals surface area contributed by atoms with Gasteiger partial charge < -0.3 is 10.5 Å². The third-order valence-electron chi connectivity index (χ3n) is 3.53. The monoisotopic (exact) mass is 288 g/mol. The lowest BCUT2D eigenvalue weighted by Gasteiger charge is -2.12. The van der Waals surface area contributed by atoms with Crippen LogP contribution in [-0.2, 0) is 21.3 Å². The molecule has 1 fully saturated rings. The molecule has 0 bridgehead atoms. The second-order valence-electron chi connectivity index (χ2n) is 4.83. The first-order chi connectivity index (χ1) is 8.97. The van der Waals surface area contributed by atoms with Crippen LogP contribution in [0.5, 0.6) is 0 Å². The molecule has 0 aromatic carbocycles. The second kappa shape index (κ2) is 5.58. The molecule has 19 heavy (non-hydrogen) atoms. The molecule has 1 aromatic rings. The van der Waals surface area contributed by atoms with Gasteiger partial charge in [0.25, 0.3) is 10.0 Å². The molecular formula is C11H20N4O3S. The van der Waals surface area contributed by atoms with Crippen molar-refractivity contribution >= 4 is 10.0 Å². The first kappa shape index (κ1) is 14.4. The molecule has 8 heteroatoms. The maximum absolute atomic E-state index is 12.3. The molecule has 1 aromatic heterocycles. The maximum atomic E-state index is 12.3. The van der Waals surface area contributed by atoms with Gasteiger partial charge in [0.15, 0.2) is 5.03 Å². The zero-order valence-corrected chi connectivity index (χ0v) is 12.0. The Morgan fingerprint density at radius 1 is 1.53 bits per heavy atom. The number of hydrogen-bond donors (Lipinski definition) is 3. The molecule has 2 rings (SSSR count). The zero-order valence-electron chi connectivity index (χ0n) is 11.1. The van der Waals surface area contributed by atoms with Crippen LogP contribution in [0.25, 0.3) is 0 Å². The van der Waals surface area contributed by atoms with Crippen molar-refractivity contribution in [3.63, 3.8) is 0 Å². The molecule has 0 amide bonds. The number of aromatic nitrogens is 2. The van der Waals surface area contributed by atoms with Crippen LogP contribution in [0.2, 0.25) is 0 Å². The lowest BCUT2D eigenvalue weighted by molar-refractivity contribution is 0.107. The highest BCUT2D eigenvalue weighted by atomic mass is 32.2. The van der Waals surface area contributed by atoms with Crippen molar-refractivity contribution in [1.82, 2.24) is 14.9 Å². The average Bonchev–Trinajstić information content (AvgIpc) is 2.95. The van der Waals surface area contributed by atoms with E-state index in [4.69, 9.17) is 10.5 Å². The van der Waals surface area contributed by atoms with Crippen molar-refractivity contribution < 1.29 is 13.2 Å². The van der Waals surface area contributed by atoms with Crippen molar-refractivity contribution in [2.24, 2.45) is 5.73 Å². The molecule has 0 radical (unpaired) electrons. The van der Waals surface area contributed by atoms with E-state index in [9.17, 15) is 8.42 Å². The first-order valence-electron chi connectivity index (χ1n) is 6.27. The zero-order chi connectivity index (χ0) is 14.0. The number of aromatic amines is 1. The summed E-state index contributed by atoms with van der Waals surface area (Å²) in [5.74, 6) is 0. The average molecular weight is 288 g/mol. The van der Waals surface area contributed by atoms with Gasteiger partial charge in [0.05, 0.1) is 6.10 Å². The Morgan fingerprint density at radius 3 is 2.84 bits per heavy atom. The summed E-state index contributed by atoms with van der Waals surface area (Å²) in [6.45, 7) is 1.90. The second-order valence-corrected chi connectivity index (χ2v) is 6.45. The highest BCUT2D eigenvalue weighted by molar-refractivity contribution is 7.89. The van der Waals surface area contributed by atoms with Gasteiger partial charge in [-0.1, -0.05) is 0 Å². The van der Waals surface area contributed by atoms with Gasteiger partial charge in [-0.15, -0.1) is 0 Å². The minimum atomic E-state index is -3.63. The number of sulfonamides is 1. The molecule has 0 saturated heterocycles. The fraction of sp³-hybridized carbons (Fsp3) is 0.727. The van der Waals surface area contributed by atoms with Crippen LogP contribution in [-0.4, -0.2) is 37.9 Å². The lowest BCUT2D eigenvalue weighted by Crippen LogP contribution is -2.34. The van der Waals surface area contributed by atoms with E-state index < -0.39 is 10.0 Å². The normalized spacial score (nSPS) is 23.9. The Hall–Kier alpha value is -0.960. The molecule has 108 valence electrons. The summed E-state index contributed by atoms with van der Waals surface area (Å²) in [6, 6.07) is -0.0995. The van der Waals surface area contributed by atoms with Crippen LogP contribution in [0, 0.1) is 6.92 Å². The molecule has 1 aliphatic carbocycles. The number of rotatable bonds is 5. The summed E-state index contributed by atoms with van der Waals surface area (Å²) in [5, 5.41) is 6.53. The van der Waals surface area contributed by atoms with Gasteiger partial charge in [-0.2, -0.15) is 5.10 Å². The molecule has 1 heterocycles. The molecule has 1 aliphatic rings. The number of nitrogens with zero attached hydrogens (tertiary/aromatic N) is 1. The fourth-order valence-corrected chi connectivity index (χ4v) is 3.92. The van der Waals surface area contributed by atoms with Crippen LogP contribution >= 0.6 is 0 Å². The predicted octanol–water partition coefficient (Wildman–Crippen LogP) is 0.0226. The summed E-state index contributed by atoms with van der Waals surface area (Å²) in [7, 11) is -1.98. The van der Waals surface area contributed by atoms with E-state index in [1.807, 2.05) is 0 Å².